The summed E-state index contributed by atoms with van der Waals surface area (Å²) in [5.41, 5.74) is 2.38. The van der Waals surface area contributed by atoms with Crippen molar-refractivity contribution < 1.29 is 0 Å². The molecule has 0 saturated carbocycles. The van der Waals surface area contributed by atoms with Crippen LogP contribution in [0.4, 0.5) is 0 Å². The zero-order valence-electron chi connectivity index (χ0n) is 7.23. The van der Waals surface area contributed by atoms with Crippen LogP contribution in [0.2, 0.25) is 0 Å². The first-order valence-corrected chi connectivity index (χ1v) is 3.57. The third kappa shape index (κ3) is 3.28. The summed E-state index contributed by atoms with van der Waals surface area (Å²) < 4.78 is 0. The fourth-order valence-corrected chi connectivity index (χ4v) is 0.522. The summed E-state index contributed by atoms with van der Waals surface area (Å²) in [6, 6.07) is 0. The molecule has 0 atom stereocenters. The van der Waals surface area contributed by atoms with Crippen LogP contribution in [0.3, 0.4) is 0 Å². The average Bonchev–Trinajstić information content (AvgIpc) is 1.98. The van der Waals surface area contributed by atoms with Gasteiger partial charge in [-0.25, -0.2) is 0 Å². The maximum absolute atomic E-state index is 4.12. The van der Waals surface area contributed by atoms with Gasteiger partial charge >= 0.3 is 0 Å². The van der Waals surface area contributed by atoms with Gasteiger partial charge in [-0.15, -0.1) is 0 Å². The molecule has 0 aliphatic carbocycles. The Morgan fingerprint density at radius 2 is 2.10 bits per heavy atom. The fraction of sp³-hybridized carbons (Fsp3) is 0.625. The van der Waals surface area contributed by atoms with Crippen LogP contribution in [-0.2, 0) is 0 Å². The number of allylic oxidation sites excluding steroid dienone is 2. The van der Waals surface area contributed by atoms with Gasteiger partial charge in [-0.2, -0.15) is 0 Å². The fourth-order valence-electron chi connectivity index (χ4n) is 0.522. The number of hydrogen-bond donors (Lipinski definition) is 1. The van der Waals surface area contributed by atoms with Crippen molar-refractivity contribution in [3.05, 3.63) is 11.3 Å². The van der Waals surface area contributed by atoms with Gasteiger partial charge in [0.05, 0.1) is 0 Å². The molecule has 0 amide bonds. The zero-order chi connectivity index (χ0) is 7.98. The number of aliphatic imine (C=N–C) groups is 1. The monoisotopic (exact) mass is 140 g/mol. The van der Waals surface area contributed by atoms with E-state index >= 15 is 0 Å². The smallest absolute Gasteiger partial charge is 0.0361 e. The van der Waals surface area contributed by atoms with Crippen LogP contribution in [0.5, 0.6) is 0 Å². The quantitative estimate of drug-likeness (QED) is 0.591. The summed E-state index contributed by atoms with van der Waals surface area (Å²) in [6.07, 6.45) is 1.89. The average molecular weight is 140 g/mol. The van der Waals surface area contributed by atoms with Gasteiger partial charge in [0, 0.05) is 25.5 Å². The molecule has 0 bridgehead atoms. The molecule has 0 aliphatic heterocycles. The number of nitrogens with zero attached hydrogens (tertiary/aromatic N) is 1. The lowest BCUT2D eigenvalue weighted by Crippen LogP contribution is -2.04. The topological polar surface area (TPSA) is 24.4 Å². The third-order valence-corrected chi connectivity index (χ3v) is 1.43. The molecular formula is C8H16N2. The van der Waals surface area contributed by atoms with Crippen LogP contribution < -0.4 is 5.32 Å². The molecule has 0 aromatic rings. The Morgan fingerprint density at radius 3 is 2.50 bits per heavy atom. The van der Waals surface area contributed by atoms with E-state index in [1.54, 1.807) is 0 Å². The molecule has 10 heavy (non-hydrogen) atoms. The van der Waals surface area contributed by atoms with Crippen molar-refractivity contribution in [3.63, 3.8) is 0 Å². The van der Waals surface area contributed by atoms with Crippen molar-refractivity contribution >= 4 is 6.21 Å². The highest BCUT2D eigenvalue weighted by molar-refractivity contribution is 5.78. The molecule has 0 unspecified atom stereocenters. The Balaban J connectivity index is 4.04. The van der Waals surface area contributed by atoms with E-state index in [9.17, 15) is 0 Å². The molecule has 0 fully saturated rings. The summed E-state index contributed by atoms with van der Waals surface area (Å²) in [7, 11) is 1.92. The lowest BCUT2D eigenvalue weighted by molar-refractivity contribution is 0.974. The van der Waals surface area contributed by atoms with Crippen LogP contribution in [0.15, 0.2) is 16.3 Å². The summed E-state index contributed by atoms with van der Waals surface area (Å²) in [6.45, 7) is 6.97. The van der Waals surface area contributed by atoms with Crippen molar-refractivity contribution in [1.82, 2.24) is 5.32 Å². The van der Waals surface area contributed by atoms with Crippen molar-refractivity contribution in [1.29, 1.82) is 0 Å². The Labute approximate surface area is 63.0 Å². The van der Waals surface area contributed by atoms with Crippen molar-refractivity contribution in [2.24, 2.45) is 4.99 Å². The van der Waals surface area contributed by atoms with E-state index in [-0.39, 0.29) is 0 Å². The zero-order valence-corrected chi connectivity index (χ0v) is 7.23. The lowest BCUT2D eigenvalue weighted by atomic mass is 10.2. The van der Waals surface area contributed by atoms with E-state index in [0.29, 0.717) is 0 Å². The van der Waals surface area contributed by atoms with Crippen LogP contribution in [0.25, 0.3) is 0 Å². The Morgan fingerprint density at radius 1 is 1.50 bits per heavy atom. The van der Waals surface area contributed by atoms with Crippen molar-refractivity contribution in [2.75, 3.05) is 13.6 Å². The van der Waals surface area contributed by atoms with E-state index in [1.807, 2.05) is 34.0 Å². The Kier molecular flexibility index (Phi) is 4.63. The molecule has 0 radical (unpaired) electrons. The predicted octanol–water partition coefficient (Wildman–Crippen LogP) is 1.59. The molecular weight excluding hydrogens is 124 g/mol. The van der Waals surface area contributed by atoms with E-state index in [0.717, 1.165) is 6.54 Å². The molecule has 0 saturated heterocycles. The number of nitrogens with one attached hydrogen (secondary N) is 1. The first-order valence-electron chi connectivity index (χ1n) is 3.57. The van der Waals surface area contributed by atoms with Crippen molar-refractivity contribution in [3.8, 4) is 0 Å². The van der Waals surface area contributed by atoms with Gasteiger partial charge in [0.1, 0.15) is 0 Å². The van der Waals surface area contributed by atoms with Gasteiger partial charge in [-0.05, 0) is 26.3 Å². The normalized spacial score (nSPS) is 13.6. The molecule has 0 rings (SSSR count). The third-order valence-electron chi connectivity index (χ3n) is 1.43. The minimum absolute atomic E-state index is 0.855. The largest absolute Gasteiger partial charge is 0.391 e. The molecule has 0 aliphatic rings. The molecule has 0 aromatic carbocycles. The number of hydrogen-bond acceptors (Lipinski definition) is 2. The highest BCUT2D eigenvalue weighted by Crippen LogP contribution is 1.94. The van der Waals surface area contributed by atoms with Gasteiger partial charge in [-0.1, -0.05) is 0 Å². The molecule has 0 aromatic heterocycles. The first-order chi connectivity index (χ1) is 4.72. The predicted molar refractivity (Wildman–Crippen MR) is 46.5 cm³/mol. The SMILES string of the molecule is CCN=C/C(C)=C(\C)NC. The summed E-state index contributed by atoms with van der Waals surface area (Å²) in [5.74, 6) is 0. The molecule has 0 spiro atoms. The lowest BCUT2D eigenvalue weighted by Gasteiger charge is -2.00. The summed E-state index contributed by atoms with van der Waals surface area (Å²) in [5, 5.41) is 3.06. The molecule has 1 N–H and O–H groups in total. The molecule has 58 valence electrons. The van der Waals surface area contributed by atoms with Gasteiger partial charge < -0.3 is 5.32 Å². The van der Waals surface area contributed by atoms with Gasteiger partial charge in [0.2, 0.25) is 0 Å². The molecule has 2 nitrogen and oxygen atoms in total. The van der Waals surface area contributed by atoms with Crippen LogP contribution in [0, 0.1) is 0 Å². The van der Waals surface area contributed by atoms with E-state index < -0.39 is 0 Å². The van der Waals surface area contributed by atoms with Gasteiger partial charge in [0.15, 0.2) is 0 Å². The molecule has 0 heterocycles. The highest BCUT2D eigenvalue weighted by Gasteiger charge is 1.87. The maximum Gasteiger partial charge on any atom is 0.0361 e. The van der Waals surface area contributed by atoms with Crippen LogP contribution >= 0.6 is 0 Å². The summed E-state index contributed by atoms with van der Waals surface area (Å²) >= 11 is 0. The van der Waals surface area contributed by atoms with Crippen molar-refractivity contribution in [2.45, 2.75) is 20.8 Å². The van der Waals surface area contributed by atoms with Gasteiger partial charge in [-0.3, -0.25) is 4.99 Å². The maximum atomic E-state index is 4.12. The second-order valence-electron chi connectivity index (χ2n) is 2.19. The van der Waals surface area contributed by atoms with E-state index in [2.05, 4.69) is 10.3 Å². The van der Waals surface area contributed by atoms with Crippen LogP contribution in [-0.4, -0.2) is 19.8 Å². The van der Waals surface area contributed by atoms with E-state index in [4.69, 9.17) is 0 Å². The van der Waals surface area contributed by atoms with Crippen LogP contribution in [0.1, 0.15) is 20.8 Å². The van der Waals surface area contributed by atoms with Gasteiger partial charge in [0.25, 0.3) is 0 Å². The molecule has 2 heteroatoms. The second kappa shape index (κ2) is 5.03. The highest BCUT2D eigenvalue weighted by atomic mass is 14.8. The minimum Gasteiger partial charge on any atom is -0.391 e. The standard InChI is InChI=1S/C8H16N2/c1-5-10-6-7(2)8(3)9-4/h6,9H,5H2,1-4H3/b8-7+,10-6?. The first kappa shape index (κ1) is 9.21. The minimum atomic E-state index is 0.855. The Bertz CT molecular complexity index is 145. The summed E-state index contributed by atoms with van der Waals surface area (Å²) in [4.78, 5) is 4.12. The van der Waals surface area contributed by atoms with E-state index in [1.165, 1.54) is 11.3 Å². The number of rotatable bonds is 3. The Hall–Kier alpha value is -0.790. The second-order valence-corrected chi connectivity index (χ2v) is 2.19.